The van der Waals surface area contributed by atoms with E-state index >= 15 is 0 Å². The van der Waals surface area contributed by atoms with Crippen molar-refractivity contribution in [3.8, 4) is 27.9 Å². The van der Waals surface area contributed by atoms with E-state index in [-0.39, 0.29) is 6.71 Å². The molecule has 0 bridgehead atoms. The lowest BCUT2D eigenvalue weighted by Gasteiger charge is -2.35. The fraction of sp³-hybridized carbons (Fsp3) is 0.0263. The zero-order valence-electron chi connectivity index (χ0n) is 23.0. The van der Waals surface area contributed by atoms with Crippen LogP contribution < -0.4 is 21.7 Å². The van der Waals surface area contributed by atoms with Gasteiger partial charge in [-0.15, -0.1) is 0 Å². The van der Waals surface area contributed by atoms with E-state index in [1.165, 1.54) is 66.3 Å². The molecule has 0 saturated carbocycles. The van der Waals surface area contributed by atoms with Gasteiger partial charge in [-0.3, -0.25) is 0 Å². The first-order valence-electron chi connectivity index (χ1n) is 14.4. The van der Waals surface area contributed by atoms with Crippen molar-refractivity contribution in [1.82, 2.24) is 4.57 Å². The summed E-state index contributed by atoms with van der Waals surface area (Å²) in [6.45, 7) is 9.89. The summed E-state index contributed by atoms with van der Waals surface area (Å²) in [7, 11) is 0. The number of nitrogens with one attached hydrogen (secondary N) is 1. The van der Waals surface area contributed by atoms with E-state index in [9.17, 15) is 0 Å². The molecule has 0 unspecified atom stereocenters. The van der Waals surface area contributed by atoms with Crippen LogP contribution >= 0.6 is 0 Å². The summed E-state index contributed by atoms with van der Waals surface area (Å²) in [5.74, 6) is 0. The van der Waals surface area contributed by atoms with Crippen LogP contribution in [0.5, 0.6) is 0 Å². The van der Waals surface area contributed by atoms with Crippen molar-refractivity contribution in [2.75, 3.05) is 5.32 Å². The van der Waals surface area contributed by atoms with E-state index < -0.39 is 0 Å². The van der Waals surface area contributed by atoms with Gasteiger partial charge in [0, 0.05) is 38.9 Å². The maximum Gasteiger partial charge on any atom is 0.252 e. The Balaban J connectivity index is 1.42. The van der Waals surface area contributed by atoms with Crippen LogP contribution in [-0.2, 0) is 0 Å². The van der Waals surface area contributed by atoms with Gasteiger partial charge in [0.1, 0.15) is 0 Å². The van der Waals surface area contributed by atoms with Crippen LogP contribution in [0.1, 0.15) is 5.56 Å². The number of rotatable bonds is 2. The van der Waals surface area contributed by atoms with Gasteiger partial charge in [0.15, 0.2) is 5.69 Å². The molecule has 0 aliphatic carbocycles. The Morgan fingerprint density at radius 2 is 1.45 bits per heavy atom. The first kappa shape index (κ1) is 23.2. The molecule has 3 nitrogen and oxygen atoms in total. The lowest BCUT2D eigenvalue weighted by molar-refractivity contribution is 1.19. The molecule has 0 saturated heterocycles. The minimum atomic E-state index is 0.0966. The number of hydrogen-bond donors (Lipinski definition) is 1. The Morgan fingerprint density at radius 3 is 2.36 bits per heavy atom. The lowest BCUT2D eigenvalue weighted by atomic mass is 9.34. The highest BCUT2D eigenvalue weighted by Crippen LogP contribution is 2.40. The molecule has 0 fully saturated rings. The Kier molecular flexibility index (Phi) is 4.69. The monoisotopic (exact) mass is 533 g/mol. The summed E-state index contributed by atoms with van der Waals surface area (Å²) in [5.41, 5.74) is 16.4. The van der Waals surface area contributed by atoms with Crippen molar-refractivity contribution in [1.29, 1.82) is 0 Å². The van der Waals surface area contributed by atoms with Gasteiger partial charge in [-0.1, -0.05) is 97.1 Å². The smallest absolute Gasteiger partial charge is 0.252 e. The maximum atomic E-state index is 7.61. The maximum absolute atomic E-state index is 7.61. The second-order valence-corrected chi connectivity index (χ2v) is 11.4. The zero-order valence-corrected chi connectivity index (χ0v) is 23.0. The molecule has 4 heteroatoms. The number of para-hydroxylation sites is 3. The van der Waals surface area contributed by atoms with Crippen molar-refractivity contribution in [3.05, 3.63) is 138 Å². The summed E-state index contributed by atoms with van der Waals surface area (Å²) >= 11 is 0. The van der Waals surface area contributed by atoms with Crippen molar-refractivity contribution < 1.29 is 0 Å². The van der Waals surface area contributed by atoms with Crippen LogP contribution in [0.4, 0.5) is 17.1 Å². The Hall–Kier alpha value is -5.53. The molecule has 6 aromatic carbocycles. The van der Waals surface area contributed by atoms with Crippen LogP contribution in [0.2, 0.25) is 0 Å². The molecule has 0 spiro atoms. The van der Waals surface area contributed by atoms with Gasteiger partial charge in [-0.05, 0) is 69.8 Å². The summed E-state index contributed by atoms with van der Waals surface area (Å²) < 4.78 is 2.47. The molecule has 1 N–H and O–H groups in total. The number of fused-ring (bicyclic) bond motifs is 7. The van der Waals surface area contributed by atoms with Gasteiger partial charge >= 0.3 is 0 Å². The van der Waals surface area contributed by atoms with Gasteiger partial charge < -0.3 is 9.88 Å². The van der Waals surface area contributed by atoms with E-state index in [4.69, 9.17) is 6.57 Å². The zero-order chi connectivity index (χ0) is 27.9. The molecule has 42 heavy (non-hydrogen) atoms. The summed E-state index contributed by atoms with van der Waals surface area (Å²) in [4.78, 5) is 3.72. The summed E-state index contributed by atoms with van der Waals surface area (Å²) in [6, 6.07) is 43.5. The predicted molar refractivity (Wildman–Crippen MR) is 177 cm³/mol. The normalized spacial score (nSPS) is 12.5. The van der Waals surface area contributed by atoms with Crippen LogP contribution in [-0.4, -0.2) is 11.3 Å². The van der Waals surface area contributed by atoms with Crippen molar-refractivity contribution in [2.45, 2.75) is 6.92 Å². The predicted octanol–water partition coefficient (Wildman–Crippen LogP) is 7.86. The lowest BCUT2D eigenvalue weighted by Crippen LogP contribution is -2.59. The highest BCUT2D eigenvalue weighted by molar-refractivity contribution is 7.00. The molecule has 0 atom stereocenters. The molecule has 2 aliphatic heterocycles. The van der Waals surface area contributed by atoms with E-state index in [2.05, 4.69) is 125 Å². The van der Waals surface area contributed by atoms with Crippen LogP contribution in [0, 0.1) is 13.5 Å². The van der Waals surface area contributed by atoms with Crippen LogP contribution in [0.15, 0.2) is 121 Å². The SMILES string of the molecule is [C-]#[N+]c1cccc(-c2cc3c4c(c2)-n2c5ccccc5c5cccc(c52)B4c2cccc(-c4ccccc4C)c2N3)c1. The van der Waals surface area contributed by atoms with E-state index in [0.717, 1.165) is 16.8 Å². The van der Waals surface area contributed by atoms with Crippen molar-refractivity contribution in [3.63, 3.8) is 0 Å². The Labute approximate surface area is 244 Å². The third-order valence-electron chi connectivity index (χ3n) is 9.14. The van der Waals surface area contributed by atoms with Crippen LogP contribution in [0.3, 0.4) is 0 Å². The molecule has 2 aliphatic rings. The molecule has 0 amide bonds. The molecule has 194 valence electrons. The standard InChI is InChI=1S/C38H24BN3/c1-23-10-3-4-13-27(23)29-15-8-17-31-37(29)41-33-21-25(24-11-7-12-26(20-24)40-2)22-35-36(33)39(31)32-18-9-16-30-28-14-5-6-19-34(28)42(35)38(30)32/h3-22,41H,1H3. The summed E-state index contributed by atoms with van der Waals surface area (Å²) in [6.07, 6.45) is 0. The Bertz CT molecular complexity index is 2320. The average Bonchev–Trinajstić information content (AvgIpc) is 3.38. The van der Waals surface area contributed by atoms with Gasteiger partial charge in [-0.25, -0.2) is 4.85 Å². The highest BCUT2D eigenvalue weighted by Gasteiger charge is 2.40. The van der Waals surface area contributed by atoms with Gasteiger partial charge in [0.25, 0.3) is 6.71 Å². The Morgan fingerprint density at radius 1 is 0.690 bits per heavy atom. The number of aromatic nitrogens is 1. The molecular weight excluding hydrogens is 509 g/mol. The largest absolute Gasteiger partial charge is 0.356 e. The van der Waals surface area contributed by atoms with Crippen molar-refractivity contribution >= 4 is 62.0 Å². The number of aryl methyl sites for hydroxylation is 1. The van der Waals surface area contributed by atoms with Crippen molar-refractivity contribution in [2.24, 2.45) is 0 Å². The number of anilines is 2. The van der Waals surface area contributed by atoms with Gasteiger partial charge in [0.2, 0.25) is 0 Å². The molecular formula is C38H24BN3. The molecule has 0 radical (unpaired) electrons. The van der Waals surface area contributed by atoms with Crippen LogP contribution in [0.25, 0.3) is 54.6 Å². The molecule has 7 aromatic rings. The second kappa shape index (κ2) is 8.49. The number of hydrogen-bond acceptors (Lipinski definition) is 1. The number of benzene rings is 6. The molecule has 9 rings (SSSR count). The van der Waals surface area contributed by atoms with E-state index in [1.54, 1.807) is 0 Å². The van der Waals surface area contributed by atoms with E-state index in [0.29, 0.717) is 5.69 Å². The fourth-order valence-electron chi connectivity index (χ4n) is 7.34. The fourth-order valence-corrected chi connectivity index (χ4v) is 7.34. The van der Waals surface area contributed by atoms with Gasteiger partial charge in [0.05, 0.1) is 12.1 Å². The summed E-state index contributed by atoms with van der Waals surface area (Å²) in [5, 5.41) is 6.49. The van der Waals surface area contributed by atoms with Gasteiger partial charge in [-0.2, -0.15) is 0 Å². The highest BCUT2D eigenvalue weighted by atomic mass is 15.0. The first-order valence-corrected chi connectivity index (χ1v) is 14.4. The molecule has 3 heterocycles. The quantitative estimate of drug-likeness (QED) is 0.177. The third kappa shape index (κ3) is 3.05. The molecule has 1 aromatic heterocycles. The third-order valence-corrected chi connectivity index (χ3v) is 9.14. The minimum Gasteiger partial charge on any atom is -0.356 e. The van der Waals surface area contributed by atoms with E-state index in [1.807, 2.05) is 18.2 Å². The number of nitrogens with zero attached hydrogens (tertiary/aromatic N) is 2. The topological polar surface area (TPSA) is 21.3 Å². The first-order chi connectivity index (χ1) is 20.7. The minimum absolute atomic E-state index is 0.0966. The second-order valence-electron chi connectivity index (χ2n) is 11.4. The average molecular weight is 533 g/mol.